The summed E-state index contributed by atoms with van der Waals surface area (Å²) in [6.45, 7) is 3.05. The van der Waals surface area contributed by atoms with E-state index in [0.29, 0.717) is 6.23 Å². The van der Waals surface area contributed by atoms with E-state index in [1.54, 1.807) is 21.3 Å². The van der Waals surface area contributed by atoms with Crippen molar-refractivity contribution in [3.05, 3.63) is 0 Å². The molecule has 0 saturated carbocycles. The Labute approximate surface area is 171 Å². The van der Waals surface area contributed by atoms with Gasteiger partial charge in [-0.05, 0) is 6.42 Å². The average molecular weight is 405 g/mol. The molecule has 0 atom stereocenters. The highest BCUT2D eigenvalue weighted by Gasteiger charge is 2.38. The van der Waals surface area contributed by atoms with Crippen LogP contribution in [-0.2, 0) is 18.0 Å². The monoisotopic (exact) mass is 404 g/mol. The van der Waals surface area contributed by atoms with Crippen LogP contribution in [0.15, 0.2) is 0 Å². The zero-order valence-corrected chi connectivity index (χ0v) is 19.9. The molecule has 0 spiro atoms. The fourth-order valence-corrected chi connectivity index (χ4v) is 4.62. The molecule has 164 valence electrons. The van der Waals surface area contributed by atoms with Crippen molar-refractivity contribution in [3.8, 4) is 0 Å². The lowest BCUT2D eigenvalue weighted by atomic mass is 10.0. The van der Waals surface area contributed by atoms with Gasteiger partial charge in [0.2, 0.25) is 0 Å². The van der Waals surface area contributed by atoms with Crippen molar-refractivity contribution in [1.29, 1.82) is 0 Å². The summed E-state index contributed by atoms with van der Waals surface area (Å²) in [5.41, 5.74) is 0. The van der Waals surface area contributed by atoms with Gasteiger partial charge in [-0.1, -0.05) is 103 Å². The lowest BCUT2D eigenvalue weighted by Gasteiger charge is -2.23. The van der Waals surface area contributed by atoms with Crippen LogP contribution in [0.3, 0.4) is 0 Å². The number of unbranched alkanes of at least 4 members (excludes halogenated alkanes) is 15. The summed E-state index contributed by atoms with van der Waals surface area (Å²) in [4.78, 5) is 0. The third kappa shape index (κ3) is 16.7. The summed E-state index contributed by atoms with van der Waals surface area (Å²) in [5, 5.41) is 0. The van der Waals surface area contributed by atoms with Crippen LogP contribution >= 0.6 is 0 Å². The van der Waals surface area contributed by atoms with E-state index >= 15 is 0 Å². The molecule has 0 N–H and O–H groups in total. The largest absolute Gasteiger partial charge is 0.527 e. The third-order valence-corrected chi connectivity index (χ3v) is 7.78. The molecule has 27 heavy (non-hydrogen) atoms. The molecule has 0 bridgehead atoms. The molecule has 0 aliphatic carbocycles. The van der Waals surface area contributed by atoms with E-state index in [1.807, 2.05) is 0 Å². The van der Waals surface area contributed by atoms with E-state index in [0.717, 1.165) is 13.0 Å². The highest BCUT2D eigenvalue weighted by Crippen LogP contribution is 2.14. The fourth-order valence-electron chi connectivity index (χ4n) is 3.38. The molecule has 0 aliphatic rings. The van der Waals surface area contributed by atoms with E-state index in [9.17, 15) is 0 Å². The van der Waals surface area contributed by atoms with Crippen molar-refractivity contribution in [2.45, 2.75) is 110 Å². The molecule has 0 unspecified atom stereocenters. The first-order chi connectivity index (χ1) is 13.2. The second-order valence-electron chi connectivity index (χ2n) is 7.65. The Kier molecular flexibility index (Phi) is 20.8. The van der Waals surface area contributed by atoms with Gasteiger partial charge in [0.1, 0.15) is 6.23 Å². The van der Waals surface area contributed by atoms with Gasteiger partial charge in [0.05, 0.1) is 0 Å². The number of hydrogen-bond acceptors (Lipinski definition) is 4. The maximum atomic E-state index is 5.68. The van der Waals surface area contributed by atoms with E-state index in [2.05, 4.69) is 6.92 Å². The Bertz CT molecular complexity index is 277. The van der Waals surface area contributed by atoms with Gasteiger partial charge in [0, 0.05) is 27.9 Å². The molecule has 0 fully saturated rings. The Morgan fingerprint density at radius 3 is 1.15 bits per heavy atom. The first kappa shape index (κ1) is 27.1. The van der Waals surface area contributed by atoms with E-state index < -0.39 is 8.80 Å². The van der Waals surface area contributed by atoms with Crippen molar-refractivity contribution in [2.75, 3.05) is 34.2 Å². The maximum absolute atomic E-state index is 5.68. The maximum Gasteiger partial charge on any atom is 0.527 e. The van der Waals surface area contributed by atoms with Crippen LogP contribution in [0.2, 0.25) is 0 Å². The minimum absolute atomic E-state index is 0.440. The molecule has 0 rings (SSSR count). The number of rotatable bonds is 22. The molecular formula is C22H48O4Si. The van der Waals surface area contributed by atoms with Gasteiger partial charge in [0.15, 0.2) is 0 Å². The standard InChI is InChI=1S/C22H48O4Si/c1-5-6-7-8-9-10-11-12-13-14-15-16-17-18-19-20-21-26-22-27(23-2,24-3)25-4/h5-22H2,1-4H3. The smallest absolute Gasteiger partial charge is 0.377 e. The molecular weight excluding hydrogens is 356 g/mol. The minimum atomic E-state index is -2.55. The molecule has 0 aromatic rings. The molecule has 0 heterocycles. The van der Waals surface area contributed by atoms with Crippen LogP contribution in [0.4, 0.5) is 0 Å². The Balaban J connectivity index is 3.19. The summed E-state index contributed by atoms with van der Waals surface area (Å²) in [5.74, 6) is 0. The molecule has 0 aliphatic heterocycles. The summed E-state index contributed by atoms with van der Waals surface area (Å²) >= 11 is 0. The molecule has 0 aromatic carbocycles. The van der Waals surface area contributed by atoms with Gasteiger partial charge in [-0.15, -0.1) is 0 Å². The van der Waals surface area contributed by atoms with Crippen molar-refractivity contribution >= 4 is 8.80 Å². The summed E-state index contributed by atoms with van der Waals surface area (Å²) in [6, 6.07) is 0. The lowest BCUT2D eigenvalue weighted by Crippen LogP contribution is -2.48. The van der Waals surface area contributed by atoms with Crippen molar-refractivity contribution in [3.63, 3.8) is 0 Å². The number of hydrogen-bond donors (Lipinski definition) is 0. The van der Waals surface area contributed by atoms with Crippen LogP contribution in [0.25, 0.3) is 0 Å². The fraction of sp³-hybridized carbons (Fsp3) is 1.00. The van der Waals surface area contributed by atoms with Crippen LogP contribution in [0, 0.1) is 0 Å². The van der Waals surface area contributed by atoms with E-state index in [1.165, 1.54) is 96.3 Å². The van der Waals surface area contributed by atoms with Crippen LogP contribution < -0.4 is 0 Å². The second kappa shape index (κ2) is 20.8. The second-order valence-corrected chi connectivity index (χ2v) is 10.5. The van der Waals surface area contributed by atoms with Gasteiger partial charge in [-0.2, -0.15) is 0 Å². The molecule has 0 radical (unpaired) electrons. The zero-order valence-electron chi connectivity index (χ0n) is 18.9. The third-order valence-electron chi connectivity index (χ3n) is 5.35. The summed E-state index contributed by atoms with van der Waals surface area (Å²) in [7, 11) is 2.32. The van der Waals surface area contributed by atoms with Gasteiger partial charge < -0.3 is 18.0 Å². The van der Waals surface area contributed by atoms with Crippen LogP contribution in [-0.4, -0.2) is 43.0 Å². The Morgan fingerprint density at radius 1 is 0.481 bits per heavy atom. The SMILES string of the molecule is CCCCCCCCCCCCCCCCCCOC[Si](OC)(OC)OC. The Hall–Kier alpha value is 0.0569. The van der Waals surface area contributed by atoms with E-state index in [4.69, 9.17) is 18.0 Å². The molecule has 0 amide bonds. The van der Waals surface area contributed by atoms with Gasteiger partial charge >= 0.3 is 8.80 Å². The molecule has 0 saturated heterocycles. The van der Waals surface area contributed by atoms with Crippen molar-refractivity contribution in [1.82, 2.24) is 0 Å². The minimum Gasteiger partial charge on any atom is -0.377 e. The highest BCUT2D eigenvalue weighted by atomic mass is 28.4. The van der Waals surface area contributed by atoms with Crippen LogP contribution in [0.1, 0.15) is 110 Å². The van der Waals surface area contributed by atoms with Crippen molar-refractivity contribution < 1.29 is 18.0 Å². The predicted molar refractivity (Wildman–Crippen MR) is 117 cm³/mol. The first-order valence-electron chi connectivity index (χ1n) is 11.5. The van der Waals surface area contributed by atoms with E-state index in [-0.39, 0.29) is 0 Å². The zero-order chi connectivity index (χ0) is 20.1. The number of ether oxygens (including phenoxy) is 1. The molecule has 4 nitrogen and oxygen atoms in total. The van der Waals surface area contributed by atoms with Crippen LogP contribution in [0.5, 0.6) is 0 Å². The quantitative estimate of drug-likeness (QED) is 0.149. The average Bonchev–Trinajstić information content (AvgIpc) is 2.70. The lowest BCUT2D eigenvalue weighted by molar-refractivity contribution is 0.0622. The molecule has 0 aromatic heterocycles. The topological polar surface area (TPSA) is 36.9 Å². The van der Waals surface area contributed by atoms with Gasteiger partial charge in [0.25, 0.3) is 0 Å². The Morgan fingerprint density at radius 2 is 0.815 bits per heavy atom. The summed E-state index contributed by atoms with van der Waals surface area (Å²) < 4.78 is 21.7. The van der Waals surface area contributed by atoms with Crippen molar-refractivity contribution in [2.24, 2.45) is 0 Å². The summed E-state index contributed by atoms with van der Waals surface area (Å²) in [6.07, 6.45) is 22.6. The van der Waals surface area contributed by atoms with Gasteiger partial charge in [-0.25, -0.2) is 0 Å². The first-order valence-corrected chi connectivity index (χ1v) is 13.4. The highest BCUT2D eigenvalue weighted by molar-refractivity contribution is 6.60. The predicted octanol–water partition coefficient (Wildman–Crippen LogP) is 6.68. The van der Waals surface area contributed by atoms with Gasteiger partial charge in [-0.3, -0.25) is 0 Å². The molecule has 5 heteroatoms. The normalized spacial score (nSPS) is 12.0.